The number of benzene rings is 4. The average Bonchev–Trinajstić information content (AvgIpc) is 3.42. The second-order valence-electron chi connectivity index (χ2n) is 17.0. The van der Waals surface area contributed by atoms with E-state index in [-0.39, 0.29) is 97.4 Å². The molecule has 0 aromatic heterocycles. The molecule has 1 saturated carbocycles. The van der Waals surface area contributed by atoms with Gasteiger partial charge in [-0.15, -0.1) is 0 Å². The van der Waals surface area contributed by atoms with Crippen molar-refractivity contribution in [2.24, 2.45) is 11.8 Å². The third-order valence-electron chi connectivity index (χ3n) is 11.4. The van der Waals surface area contributed by atoms with E-state index < -0.39 is 59.6 Å². The first kappa shape index (κ1) is 57.6. The fourth-order valence-corrected chi connectivity index (χ4v) is 7.21. The fraction of sp³-hybridized carbons (Fsp3) is 0.368. The van der Waals surface area contributed by atoms with Crippen LogP contribution in [0, 0.1) is 11.8 Å². The third-order valence-corrected chi connectivity index (χ3v) is 11.4. The predicted octanol–water partition coefficient (Wildman–Crippen LogP) is 9.74. The van der Waals surface area contributed by atoms with E-state index in [1.807, 2.05) is 13.8 Å². The normalized spacial score (nSPS) is 13.7. The molecule has 0 bridgehead atoms. The molecule has 1 fully saturated rings. The van der Waals surface area contributed by atoms with Crippen LogP contribution in [0.15, 0.2) is 110 Å². The van der Waals surface area contributed by atoms with E-state index in [9.17, 15) is 38.4 Å². The smallest absolute Gasteiger partial charge is 0.343 e. The molecule has 0 N–H and O–H groups in total. The molecule has 1 aliphatic carbocycles. The number of esters is 8. The third kappa shape index (κ3) is 18.9. The van der Waals surface area contributed by atoms with Crippen molar-refractivity contribution in [3.8, 4) is 34.5 Å². The van der Waals surface area contributed by atoms with Crippen molar-refractivity contribution in [3.63, 3.8) is 0 Å². The summed E-state index contributed by atoms with van der Waals surface area (Å²) in [7, 11) is 0. The second kappa shape index (κ2) is 30.7. The van der Waals surface area contributed by atoms with Gasteiger partial charge in [0.1, 0.15) is 45.6 Å². The number of ether oxygens (including phenoxy) is 10. The van der Waals surface area contributed by atoms with Gasteiger partial charge in [0.25, 0.3) is 0 Å². The molecule has 0 amide bonds. The molecule has 0 radical (unpaired) electrons. The van der Waals surface area contributed by atoms with E-state index in [1.165, 1.54) is 60.7 Å². The predicted molar refractivity (Wildman–Crippen MR) is 270 cm³/mol. The number of carbonyl (C=O) groups excluding carboxylic acids is 8. The summed E-state index contributed by atoms with van der Waals surface area (Å²) in [6.07, 6.45) is 7.64. The van der Waals surface area contributed by atoms with Crippen molar-refractivity contribution in [2.45, 2.75) is 84.5 Å². The summed E-state index contributed by atoms with van der Waals surface area (Å²) < 4.78 is 54.7. The zero-order valence-electron chi connectivity index (χ0n) is 42.2. The minimum absolute atomic E-state index is 0.0150. The fourth-order valence-electron chi connectivity index (χ4n) is 7.21. The van der Waals surface area contributed by atoms with Crippen molar-refractivity contribution >= 4 is 47.8 Å². The van der Waals surface area contributed by atoms with E-state index in [2.05, 4.69) is 13.2 Å². The first-order valence-electron chi connectivity index (χ1n) is 24.9. The van der Waals surface area contributed by atoms with Crippen molar-refractivity contribution in [2.75, 3.05) is 39.6 Å². The maximum Gasteiger partial charge on any atom is 0.343 e. The van der Waals surface area contributed by atoms with Gasteiger partial charge in [-0.05, 0) is 149 Å². The molecular formula is C57H62O18. The Balaban J connectivity index is 1.14. The lowest BCUT2D eigenvalue weighted by molar-refractivity contribution is -0.145. The molecule has 0 spiro atoms. The highest BCUT2D eigenvalue weighted by molar-refractivity contribution is 5.98. The van der Waals surface area contributed by atoms with Crippen LogP contribution < -0.4 is 28.4 Å². The Kier molecular flexibility index (Phi) is 23.6. The summed E-state index contributed by atoms with van der Waals surface area (Å²) in [4.78, 5) is 102. The van der Waals surface area contributed by atoms with Crippen molar-refractivity contribution in [3.05, 3.63) is 132 Å². The van der Waals surface area contributed by atoms with E-state index in [1.54, 1.807) is 24.3 Å². The van der Waals surface area contributed by atoms with Gasteiger partial charge < -0.3 is 47.4 Å². The van der Waals surface area contributed by atoms with Crippen LogP contribution in [0.3, 0.4) is 0 Å². The van der Waals surface area contributed by atoms with Crippen molar-refractivity contribution in [1.82, 2.24) is 0 Å². The molecule has 0 heterocycles. The van der Waals surface area contributed by atoms with Gasteiger partial charge in [-0.1, -0.05) is 33.4 Å². The molecule has 4 aromatic rings. The van der Waals surface area contributed by atoms with Crippen LogP contribution in [0.5, 0.6) is 34.5 Å². The standard InChI is InChI=1S/C57H62O18/c1-5-9-31-71-57(65)47-37-45(27-29-49(47)75-55(63)41-20-24-43(25-21-41)67-33-11-13-35-69-51(59)8-4)73-53(61)39-16-14-38(15-17-39)52(60)72-44-26-28-48(46(36-44)56(64)70-30-6-2)74-54(62)40-18-22-42(23-19-40)66-32-10-12-34-68-50(58)7-3/h7-8,18-29,36-39H,3-6,9-17,30-35H2,1-2H3. The Morgan fingerprint density at radius 2 is 0.800 bits per heavy atom. The Morgan fingerprint density at radius 3 is 1.19 bits per heavy atom. The number of carbonyl (C=O) groups is 8. The van der Waals surface area contributed by atoms with Crippen LogP contribution in [0.1, 0.15) is 126 Å². The van der Waals surface area contributed by atoms with Gasteiger partial charge in [-0.3, -0.25) is 9.59 Å². The molecule has 0 saturated heterocycles. The Morgan fingerprint density at radius 1 is 0.427 bits per heavy atom. The Labute approximate surface area is 435 Å². The van der Waals surface area contributed by atoms with Gasteiger partial charge in [-0.2, -0.15) is 0 Å². The first-order valence-corrected chi connectivity index (χ1v) is 24.9. The number of unbranched alkanes of at least 4 members (excludes halogenated alkanes) is 3. The topological polar surface area (TPSA) is 229 Å². The Hall–Kier alpha value is -8.28. The quantitative estimate of drug-likeness (QED) is 0.0162. The molecule has 0 aliphatic heterocycles. The minimum atomic E-state index is -0.791. The monoisotopic (exact) mass is 1030 g/mol. The van der Waals surface area contributed by atoms with Gasteiger partial charge in [0.2, 0.25) is 0 Å². The highest BCUT2D eigenvalue weighted by atomic mass is 16.6. The van der Waals surface area contributed by atoms with Crippen LogP contribution in [0.4, 0.5) is 0 Å². The van der Waals surface area contributed by atoms with E-state index in [0.717, 1.165) is 18.6 Å². The highest BCUT2D eigenvalue weighted by Crippen LogP contribution is 2.34. The minimum Gasteiger partial charge on any atom is -0.494 e. The van der Waals surface area contributed by atoms with Gasteiger partial charge in [-0.25, -0.2) is 28.8 Å². The molecule has 18 nitrogen and oxygen atoms in total. The van der Waals surface area contributed by atoms with Crippen molar-refractivity contribution < 1.29 is 85.7 Å². The molecular weight excluding hydrogens is 973 g/mol. The summed E-state index contributed by atoms with van der Waals surface area (Å²) in [5.41, 5.74) is 0.0853. The summed E-state index contributed by atoms with van der Waals surface area (Å²) in [6, 6.07) is 20.4. The zero-order chi connectivity index (χ0) is 54.0. The number of hydrogen-bond donors (Lipinski definition) is 0. The summed E-state index contributed by atoms with van der Waals surface area (Å²) in [6.45, 7) is 11.9. The van der Waals surface area contributed by atoms with Crippen molar-refractivity contribution in [1.29, 1.82) is 0 Å². The van der Waals surface area contributed by atoms with Crippen LogP contribution in [0.25, 0.3) is 0 Å². The lowest BCUT2D eigenvalue weighted by atomic mass is 9.82. The molecule has 0 unspecified atom stereocenters. The number of hydrogen-bond acceptors (Lipinski definition) is 18. The molecule has 398 valence electrons. The summed E-state index contributed by atoms with van der Waals surface area (Å²) in [5, 5.41) is 0. The lowest BCUT2D eigenvalue weighted by Crippen LogP contribution is -2.30. The van der Waals surface area contributed by atoms with E-state index >= 15 is 0 Å². The molecule has 1 aliphatic rings. The summed E-state index contributed by atoms with van der Waals surface area (Å²) in [5.74, 6) is -5.62. The second-order valence-corrected chi connectivity index (χ2v) is 17.0. The Bertz CT molecular complexity index is 2610. The average molecular weight is 1040 g/mol. The molecule has 75 heavy (non-hydrogen) atoms. The van der Waals surface area contributed by atoms with Crippen LogP contribution >= 0.6 is 0 Å². The first-order chi connectivity index (χ1) is 36.3. The maximum atomic E-state index is 13.5. The number of rotatable bonds is 29. The van der Waals surface area contributed by atoms with Gasteiger partial charge in [0.05, 0.1) is 62.6 Å². The summed E-state index contributed by atoms with van der Waals surface area (Å²) >= 11 is 0. The maximum absolute atomic E-state index is 13.5. The molecule has 0 atom stereocenters. The van der Waals surface area contributed by atoms with Gasteiger partial charge in [0, 0.05) is 12.2 Å². The molecule has 4 aromatic carbocycles. The molecule has 5 rings (SSSR count). The van der Waals surface area contributed by atoms with Crippen LogP contribution in [-0.4, -0.2) is 87.4 Å². The lowest BCUT2D eigenvalue weighted by Gasteiger charge is -2.26. The van der Waals surface area contributed by atoms with Gasteiger partial charge in [0.15, 0.2) is 0 Å². The SMILES string of the molecule is C=CC(=O)OCCCCOc1ccc(C(=O)Oc2ccc(OC(=O)C3CCC(C(=O)Oc4ccc(OC(=O)c5ccc(OCCCCOC(=O)C=C)cc5)c(C(=O)OCCCC)c4)CC3)cc2C(=O)OCCC)cc1. The van der Waals surface area contributed by atoms with E-state index in [4.69, 9.17) is 47.4 Å². The van der Waals surface area contributed by atoms with Crippen LogP contribution in [-0.2, 0) is 38.1 Å². The van der Waals surface area contributed by atoms with E-state index in [0.29, 0.717) is 63.2 Å². The zero-order valence-corrected chi connectivity index (χ0v) is 42.2. The largest absolute Gasteiger partial charge is 0.494 e. The van der Waals surface area contributed by atoms with Crippen LogP contribution in [0.2, 0.25) is 0 Å². The molecule has 18 heteroatoms. The van der Waals surface area contributed by atoms with Gasteiger partial charge >= 0.3 is 47.8 Å². The highest BCUT2D eigenvalue weighted by Gasteiger charge is 2.33.